The van der Waals surface area contributed by atoms with Crippen LogP contribution in [0.1, 0.15) is 77.0 Å². The molecule has 0 aliphatic heterocycles. The molecule has 0 aromatic heterocycles. The Morgan fingerprint density at radius 3 is 1.00 bits per heavy atom. The van der Waals surface area contributed by atoms with Gasteiger partial charge in [-0.05, 0) is 38.5 Å². The quantitative estimate of drug-likeness (QED) is 0.636. The average molecular weight is 286 g/mol. The van der Waals surface area contributed by atoms with E-state index in [2.05, 4.69) is 0 Å². The monoisotopic (exact) mass is 286 g/mol. The second kappa shape index (κ2) is 7.36. The zero-order valence-corrected chi connectivity index (χ0v) is 12.8. The Hall–Kier alpha value is 0.310. The fraction of sp³-hybridized carbons (Fsp3) is 1.00. The topological polar surface area (TPSA) is 27.7 Å². The van der Waals surface area contributed by atoms with E-state index in [0.29, 0.717) is 18.3 Å². The van der Waals surface area contributed by atoms with Crippen molar-refractivity contribution in [1.29, 1.82) is 0 Å². The van der Waals surface area contributed by atoms with Gasteiger partial charge in [-0.2, -0.15) is 0 Å². The van der Waals surface area contributed by atoms with Crippen molar-refractivity contribution in [2.75, 3.05) is 0 Å². The molecule has 3 aliphatic carbocycles. The van der Waals surface area contributed by atoms with Gasteiger partial charge < -0.3 is 13.6 Å². The van der Waals surface area contributed by atoms with Gasteiger partial charge in [-0.3, -0.25) is 0 Å². The Morgan fingerprint density at radius 1 is 0.474 bits per heavy atom. The molecule has 3 saturated carbocycles. The summed E-state index contributed by atoms with van der Waals surface area (Å²) in [7, 11) is -1.09. The van der Waals surface area contributed by atoms with Crippen LogP contribution in [0.4, 0.5) is 0 Å². The van der Waals surface area contributed by atoms with Gasteiger partial charge in [0, 0.05) is 0 Å². The Labute approximate surface area is 118 Å². The SMILES string of the molecule is C1CCC(OP(OC2CCCC2)OC2CCCC2)C1. The van der Waals surface area contributed by atoms with E-state index in [1.54, 1.807) is 0 Å². The molecule has 3 rings (SSSR count). The molecule has 4 heteroatoms. The van der Waals surface area contributed by atoms with Crippen LogP contribution < -0.4 is 0 Å². The summed E-state index contributed by atoms with van der Waals surface area (Å²) in [5.41, 5.74) is 0. The third-order valence-corrected chi connectivity index (χ3v) is 6.02. The number of rotatable bonds is 6. The molecule has 0 heterocycles. The minimum absolute atomic E-state index is 0.397. The lowest BCUT2D eigenvalue weighted by atomic mass is 10.3. The minimum atomic E-state index is -1.09. The maximum Gasteiger partial charge on any atom is 0.333 e. The third-order valence-electron chi connectivity index (χ3n) is 4.61. The molecule has 0 unspecified atom stereocenters. The van der Waals surface area contributed by atoms with E-state index in [4.69, 9.17) is 13.6 Å². The van der Waals surface area contributed by atoms with Crippen LogP contribution in [-0.2, 0) is 13.6 Å². The molecule has 0 atom stereocenters. The van der Waals surface area contributed by atoms with Crippen molar-refractivity contribution in [2.24, 2.45) is 0 Å². The Morgan fingerprint density at radius 2 is 0.737 bits per heavy atom. The highest BCUT2D eigenvalue weighted by atomic mass is 31.2. The standard InChI is InChI=1S/C15H27O3P/c1-2-8-13(7-1)16-19(17-14-9-3-4-10-14)18-15-11-5-6-12-15/h13-15H,1-12H2. The third kappa shape index (κ3) is 4.39. The summed E-state index contributed by atoms with van der Waals surface area (Å²) < 4.78 is 18.5. The Bertz CT molecular complexity index is 213. The predicted molar refractivity (Wildman–Crippen MR) is 76.9 cm³/mol. The summed E-state index contributed by atoms with van der Waals surface area (Å²) in [4.78, 5) is 0. The molecule has 0 bridgehead atoms. The molecule has 0 aromatic rings. The van der Waals surface area contributed by atoms with E-state index in [0.717, 1.165) is 0 Å². The molecule has 3 fully saturated rings. The summed E-state index contributed by atoms with van der Waals surface area (Å²) in [6.07, 6.45) is 16.2. The van der Waals surface area contributed by atoms with Gasteiger partial charge in [-0.1, -0.05) is 38.5 Å². The molecule has 0 saturated heterocycles. The first-order chi connectivity index (χ1) is 9.40. The van der Waals surface area contributed by atoms with Gasteiger partial charge in [0.05, 0.1) is 18.3 Å². The van der Waals surface area contributed by atoms with Crippen molar-refractivity contribution in [3.63, 3.8) is 0 Å². The first-order valence-electron chi connectivity index (χ1n) is 8.20. The van der Waals surface area contributed by atoms with E-state index in [-0.39, 0.29) is 0 Å². The van der Waals surface area contributed by atoms with Crippen molar-refractivity contribution in [2.45, 2.75) is 95.4 Å². The van der Waals surface area contributed by atoms with Gasteiger partial charge in [0.15, 0.2) is 0 Å². The normalized spacial score (nSPS) is 27.0. The Kier molecular flexibility index (Phi) is 5.52. The highest BCUT2D eigenvalue weighted by molar-refractivity contribution is 7.41. The van der Waals surface area contributed by atoms with Crippen LogP contribution in [0.15, 0.2) is 0 Å². The molecular weight excluding hydrogens is 259 g/mol. The molecule has 0 amide bonds. The van der Waals surface area contributed by atoms with Crippen LogP contribution >= 0.6 is 8.60 Å². The number of hydrogen-bond donors (Lipinski definition) is 0. The van der Waals surface area contributed by atoms with Crippen molar-refractivity contribution in [3.05, 3.63) is 0 Å². The zero-order valence-electron chi connectivity index (χ0n) is 11.9. The first-order valence-corrected chi connectivity index (χ1v) is 9.30. The van der Waals surface area contributed by atoms with Crippen LogP contribution in [0.25, 0.3) is 0 Å². The van der Waals surface area contributed by atoms with Crippen molar-refractivity contribution < 1.29 is 13.6 Å². The van der Waals surface area contributed by atoms with Gasteiger partial charge in [-0.25, -0.2) is 0 Å². The summed E-state index contributed by atoms with van der Waals surface area (Å²) >= 11 is 0. The first kappa shape index (κ1) is 14.3. The average Bonchev–Trinajstić information content (AvgIpc) is 3.10. The Balaban J connectivity index is 1.49. The van der Waals surface area contributed by atoms with Crippen LogP contribution in [0.2, 0.25) is 0 Å². The predicted octanol–water partition coefficient (Wildman–Crippen LogP) is 5.09. The van der Waals surface area contributed by atoms with Crippen LogP contribution in [0.5, 0.6) is 0 Å². The summed E-state index contributed by atoms with van der Waals surface area (Å²) in [5, 5.41) is 0. The molecular formula is C15H27O3P. The second-order valence-electron chi connectivity index (χ2n) is 6.26. The lowest BCUT2D eigenvalue weighted by Crippen LogP contribution is -2.14. The van der Waals surface area contributed by atoms with Crippen molar-refractivity contribution in [1.82, 2.24) is 0 Å². The van der Waals surface area contributed by atoms with E-state index >= 15 is 0 Å². The highest BCUT2D eigenvalue weighted by Crippen LogP contribution is 2.49. The van der Waals surface area contributed by atoms with Crippen LogP contribution in [0, 0.1) is 0 Å². The fourth-order valence-corrected chi connectivity index (χ4v) is 4.93. The molecule has 110 valence electrons. The maximum atomic E-state index is 6.16. The summed E-state index contributed by atoms with van der Waals surface area (Å²) in [5.74, 6) is 0. The molecule has 3 nitrogen and oxygen atoms in total. The maximum absolute atomic E-state index is 6.16. The van der Waals surface area contributed by atoms with Gasteiger partial charge in [0.1, 0.15) is 0 Å². The van der Waals surface area contributed by atoms with Crippen LogP contribution in [-0.4, -0.2) is 18.3 Å². The summed E-state index contributed by atoms with van der Waals surface area (Å²) in [6, 6.07) is 0. The number of hydrogen-bond acceptors (Lipinski definition) is 3. The molecule has 0 radical (unpaired) electrons. The molecule has 0 spiro atoms. The lowest BCUT2D eigenvalue weighted by molar-refractivity contribution is 0.0703. The van der Waals surface area contributed by atoms with Gasteiger partial charge in [-0.15, -0.1) is 0 Å². The fourth-order valence-electron chi connectivity index (χ4n) is 3.42. The van der Waals surface area contributed by atoms with E-state index < -0.39 is 8.60 Å². The summed E-state index contributed by atoms with van der Waals surface area (Å²) in [6.45, 7) is 0. The van der Waals surface area contributed by atoms with Gasteiger partial charge >= 0.3 is 8.60 Å². The molecule has 3 aliphatic rings. The van der Waals surface area contributed by atoms with Crippen molar-refractivity contribution in [3.8, 4) is 0 Å². The van der Waals surface area contributed by atoms with Gasteiger partial charge in [0.25, 0.3) is 0 Å². The lowest BCUT2D eigenvalue weighted by Gasteiger charge is -2.25. The molecule has 19 heavy (non-hydrogen) atoms. The van der Waals surface area contributed by atoms with E-state index in [9.17, 15) is 0 Å². The minimum Gasteiger partial charge on any atom is -0.309 e. The zero-order chi connectivity index (χ0) is 12.9. The molecule has 0 N–H and O–H groups in total. The van der Waals surface area contributed by atoms with Crippen molar-refractivity contribution >= 4 is 8.60 Å². The largest absolute Gasteiger partial charge is 0.333 e. The van der Waals surface area contributed by atoms with Crippen LogP contribution in [0.3, 0.4) is 0 Å². The second-order valence-corrected chi connectivity index (χ2v) is 7.34. The van der Waals surface area contributed by atoms with E-state index in [1.165, 1.54) is 77.0 Å². The molecule has 0 aromatic carbocycles. The highest BCUT2D eigenvalue weighted by Gasteiger charge is 2.30. The smallest absolute Gasteiger partial charge is 0.309 e. The van der Waals surface area contributed by atoms with E-state index in [1.807, 2.05) is 0 Å². The van der Waals surface area contributed by atoms with Gasteiger partial charge in [0.2, 0.25) is 0 Å².